The van der Waals surface area contributed by atoms with Crippen LogP contribution >= 0.6 is 11.8 Å². The molecule has 5 rings (SSSR count). The van der Waals surface area contributed by atoms with E-state index in [1.165, 1.54) is 16.8 Å². The second-order valence-corrected chi connectivity index (χ2v) is 9.11. The van der Waals surface area contributed by atoms with Crippen LogP contribution in [0.25, 0.3) is 6.08 Å². The molecule has 0 aliphatic carbocycles. The number of benzene rings is 2. The van der Waals surface area contributed by atoms with E-state index in [4.69, 9.17) is 14.9 Å². The summed E-state index contributed by atoms with van der Waals surface area (Å²) < 4.78 is 11.5. The standard InChI is InChI=1S/C25H25N5O3S/c1-17-5-4-6-20(15-17)33-14-13-32-19-9-7-18(8-10-19)16-21-22(26)30-24(27-23(21)31)34-25(28-30)29-11-2-3-12-29/h4-10,15-16,26H,2-3,11-14H2,1H3/b21-16+,26-22?. The number of aliphatic imine (C=N–C) groups is 1. The molecule has 0 unspecified atom stereocenters. The largest absolute Gasteiger partial charge is 0.490 e. The predicted molar refractivity (Wildman–Crippen MR) is 134 cm³/mol. The molecule has 174 valence electrons. The summed E-state index contributed by atoms with van der Waals surface area (Å²) in [5, 5.41) is 15.8. The van der Waals surface area contributed by atoms with E-state index >= 15 is 0 Å². The maximum atomic E-state index is 12.6. The second kappa shape index (κ2) is 9.72. The third-order valence-corrected chi connectivity index (χ3v) is 6.59. The molecule has 0 bridgehead atoms. The Morgan fingerprint density at radius 2 is 1.76 bits per heavy atom. The summed E-state index contributed by atoms with van der Waals surface area (Å²) in [7, 11) is 0. The number of hydrazone groups is 1. The van der Waals surface area contributed by atoms with Gasteiger partial charge < -0.3 is 14.4 Å². The number of carbonyl (C=O) groups is 1. The first kappa shape index (κ1) is 22.2. The van der Waals surface area contributed by atoms with Crippen LogP contribution < -0.4 is 9.47 Å². The summed E-state index contributed by atoms with van der Waals surface area (Å²) in [4.78, 5) is 19.0. The smallest absolute Gasteiger partial charge is 0.283 e. The van der Waals surface area contributed by atoms with E-state index < -0.39 is 5.91 Å². The second-order valence-electron chi connectivity index (χ2n) is 8.18. The van der Waals surface area contributed by atoms with Gasteiger partial charge in [-0.2, -0.15) is 10.0 Å². The van der Waals surface area contributed by atoms with Gasteiger partial charge in [0.15, 0.2) is 11.0 Å². The Hall–Kier alpha value is -3.59. The zero-order chi connectivity index (χ0) is 23.5. The molecule has 34 heavy (non-hydrogen) atoms. The lowest BCUT2D eigenvalue weighted by Crippen LogP contribution is -2.35. The summed E-state index contributed by atoms with van der Waals surface area (Å²) in [5.41, 5.74) is 2.15. The average molecular weight is 476 g/mol. The fourth-order valence-corrected chi connectivity index (χ4v) is 4.81. The highest BCUT2D eigenvalue weighted by molar-refractivity contribution is 8.26. The molecule has 8 nitrogen and oxygen atoms in total. The molecule has 0 spiro atoms. The molecule has 1 N–H and O–H groups in total. The minimum absolute atomic E-state index is 0.0466. The molecule has 2 aromatic rings. The van der Waals surface area contributed by atoms with Gasteiger partial charge in [-0.25, -0.2) is 0 Å². The molecule has 3 heterocycles. The lowest BCUT2D eigenvalue weighted by molar-refractivity contribution is -0.114. The van der Waals surface area contributed by atoms with Gasteiger partial charge in [-0.15, -0.1) is 5.10 Å². The molecule has 0 radical (unpaired) electrons. The zero-order valence-corrected chi connectivity index (χ0v) is 19.7. The van der Waals surface area contributed by atoms with Gasteiger partial charge in [0.2, 0.25) is 5.17 Å². The first-order valence-corrected chi connectivity index (χ1v) is 12.1. The summed E-state index contributed by atoms with van der Waals surface area (Å²) in [5.74, 6) is 1.15. The molecule has 0 atom stereocenters. The monoisotopic (exact) mass is 475 g/mol. The number of thioether (sulfide) groups is 1. The highest BCUT2D eigenvalue weighted by atomic mass is 32.2. The van der Waals surface area contributed by atoms with E-state index in [1.807, 2.05) is 55.5 Å². The summed E-state index contributed by atoms with van der Waals surface area (Å²) in [6.45, 7) is 4.78. The number of nitrogens with one attached hydrogen (secondary N) is 1. The van der Waals surface area contributed by atoms with Gasteiger partial charge >= 0.3 is 0 Å². The third kappa shape index (κ3) is 4.84. The molecule has 9 heteroatoms. The van der Waals surface area contributed by atoms with E-state index in [-0.39, 0.29) is 11.4 Å². The number of hydrogen-bond donors (Lipinski definition) is 1. The third-order valence-electron chi connectivity index (χ3n) is 5.62. The SMILES string of the molecule is Cc1cccc(OCCOc2ccc(/C=C3\C(=N)N4N=C(N5CCCC5)SC4=NC3=O)cc2)c1. The molecular weight excluding hydrogens is 450 g/mol. The fraction of sp³-hybridized carbons (Fsp3) is 0.280. The van der Waals surface area contributed by atoms with Gasteiger partial charge in [-0.05, 0) is 73.0 Å². The Kier molecular flexibility index (Phi) is 6.35. The Labute approximate surface area is 202 Å². The zero-order valence-electron chi connectivity index (χ0n) is 18.9. The number of carbonyl (C=O) groups excluding carboxylic acids is 1. The van der Waals surface area contributed by atoms with E-state index in [9.17, 15) is 4.79 Å². The molecule has 0 aromatic heterocycles. The first-order valence-electron chi connectivity index (χ1n) is 11.2. The Balaban J connectivity index is 1.20. The molecule has 1 saturated heterocycles. The van der Waals surface area contributed by atoms with Gasteiger partial charge in [0.25, 0.3) is 5.91 Å². The summed E-state index contributed by atoms with van der Waals surface area (Å²) in [6, 6.07) is 15.3. The van der Waals surface area contributed by atoms with Crippen LogP contribution in [-0.2, 0) is 4.79 Å². The minimum Gasteiger partial charge on any atom is -0.490 e. The molecule has 3 aliphatic rings. The van der Waals surface area contributed by atoms with Gasteiger partial charge in [0.1, 0.15) is 24.7 Å². The van der Waals surface area contributed by atoms with Crippen molar-refractivity contribution >= 4 is 39.9 Å². The number of rotatable bonds is 6. The molecule has 1 amide bonds. The van der Waals surface area contributed by atoms with Crippen LogP contribution in [-0.4, -0.2) is 58.3 Å². The van der Waals surface area contributed by atoms with Crippen LogP contribution in [0.5, 0.6) is 11.5 Å². The van der Waals surface area contributed by atoms with Crippen molar-refractivity contribution < 1.29 is 14.3 Å². The van der Waals surface area contributed by atoms with Crippen LogP contribution in [0, 0.1) is 12.3 Å². The highest BCUT2D eigenvalue weighted by Gasteiger charge is 2.37. The summed E-state index contributed by atoms with van der Waals surface area (Å²) in [6.07, 6.45) is 3.93. The number of fused-ring (bicyclic) bond motifs is 1. The molecule has 0 saturated carbocycles. The fourth-order valence-electron chi connectivity index (χ4n) is 3.87. The van der Waals surface area contributed by atoms with E-state index in [0.717, 1.165) is 48.0 Å². The molecular formula is C25H25N5O3S. The van der Waals surface area contributed by atoms with Crippen molar-refractivity contribution in [1.82, 2.24) is 9.91 Å². The van der Waals surface area contributed by atoms with Gasteiger partial charge in [0, 0.05) is 13.1 Å². The first-order chi connectivity index (χ1) is 16.6. The number of likely N-dealkylation sites (tertiary alicyclic amines) is 1. The highest BCUT2D eigenvalue weighted by Crippen LogP contribution is 2.31. The molecule has 1 fully saturated rings. The van der Waals surface area contributed by atoms with E-state index in [2.05, 4.69) is 15.0 Å². The number of amides is 1. The van der Waals surface area contributed by atoms with Crippen LogP contribution in [0.15, 0.2) is 64.2 Å². The van der Waals surface area contributed by atoms with Gasteiger partial charge in [-0.3, -0.25) is 10.2 Å². The van der Waals surface area contributed by atoms with E-state index in [0.29, 0.717) is 24.1 Å². The Morgan fingerprint density at radius 3 is 2.50 bits per heavy atom. The maximum Gasteiger partial charge on any atom is 0.283 e. The normalized spacial score (nSPS) is 18.8. The quantitative estimate of drug-likeness (QED) is 0.499. The lowest BCUT2D eigenvalue weighted by atomic mass is 10.1. The maximum absolute atomic E-state index is 12.6. The van der Waals surface area contributed by atoms with E-state index in [1.54, 1.807) is 6.08 Å². The van der Waals surface area contributed by atoms with Crippen molar-refractivity contribution in [3.8, 4) is 11.5 Å². The molecule has 2 aromatic carbocycles. The Morgan fingerprint density at radius 1 is 1.03 bits per heavy atom. The van der Waals surface area contributed by atoms with Crippen LogP contribution in [0.4, 0.5) is 0 Å². The van der Waals surface area contributed by atoms with Crippen LogP contribution in [0.2, 0.25) is 0 Å². The van der Waals surface area contributed by atoms with Crippen molar-refractivity contribution in [1.29, 1.82) is 5.41 Å². The predicted octanol–water partition coefficient (Wildman–Crippen LogP) is 4.13. The summed E-state index contributed by atoms with van der Waals surface area (Å²) >= 11 is 1.35. The van der Waals surface area contributed by atoms with Crippen LogP contribution in [0.3, 0.4) is 0 Å². The Bertz CT molecular complexity index is 1200. The minimum atomic E-state index is -0.421. The molecule has 3 aliphatic heterocycles. The lowest BCUT2D eigenvalue weighted by Gasteiger charge is -2.20. The van der Waals surface area contributed by atoms with Crippen LogP contribution in [0.1, 0.15) is 24.0 Å². The topological polar surface area (TPSA) is 90.6 Å². The number of aryl methyl sites for hydroxylation is 1. The number of ether oxygens (including phenoxy) is 2. The van der Waals surface area contributed by atoms with Crippen molar-refractivity contribution in [2.45, 2.75) is 19.8 Å². The van der Waals surface area contributed by atoms with Crippen molar-refractivity contribution in [3.63, 3.8) is 0 Å². The average Bonchev–Trinajstić information content (AvgIpc) is 3.51. The number of amidine groups is 3. The van der Waals surface area contributed by atoms with Gasteiger partial charge in [-0.1, -0.05) is 24.3 Å². The van der Waals surface area contributed by atoms with Crippen molar-refractivity contribution in [2.24, 2.45) is 10.1 Å². The van der Waals surface area contributed by atoms with Crippen molar-refractivity contribution in [2.75, 3.05) is 26.3 Å². The van der Waals surface area contributed by atoms with Crippen molar-refractivity contribution in [3.05, 3.63) is 65.2 Å². The number of hydrogen-bond acceptors (Lipinski definition) is 7. The van der Waals surface area contributed by atoms with Gasteiger partial charge in [0.05, 0.1) is 5.57 Å². The number of nitrogens with zero attached hydrogens (tertiary/aromatic N) is 4.